The van der Waals surface area contributed by atoms with Crippen molar-refractivity contribution in [2.75, 3.05) is 0 Å². The minimum atomic E-state index is -0.346. The molecule has 0 fully saturated rings. The highest BCUT2D eigenvalue weighted by Crippen LogP contribution is 2.47. The van der Waals surface area contributed by atoms with E-state index in [4.69, 9.17) is 9.97 Å². The maximum Gasteiger partial charge on any atom is 0.149 e. The Morgan fingerprint density at radius 2 is 0.916 bits per heavy atom. The zero-order valence-electron chi connectivity index (χ0n) is 52.5. The number of pyridine rings is 1. The maximum absolute atomic E-state index is 12.8. The summed E-state index contributed by atoms with van der Waals surface area (Å²) in [5.74, 6) is 0.944. The summed E-state index contributed by atoms with van der Waals surface area (Å²) in [6.45, 7) is 40.8. The van der Waals surface area contributed by atoms with Gasteiger partial charge in [0.25, 0.3) is 0 Å². The highest BCUT2D eigenvalue weighted by Gasteiger charge is 2.31. The van der Waals surface area contributed by atoms with Crippen LogP contribution < -0.4 is 0 Å². The predicted molar refractivity (Wildman–Crippen MR) is 354 cm³/mol. The molecule has 0 amide bonds. The van der Waals surface area contributed by atoms with E-state index in [2.05, 4.69) is 304 Å². The van der Waals surface area contributed by atoms with Gasteiger partial charge in [0.05, 0.1) is 39.0 Å². The number of phenols is 1. The van der Waals surface area contributed by atoms with Gasteiger partial charge < -0.3 is 9.67 Å². The van der Waals surface area contributed by atoms with E-state index in [9.17, 15) is 5.11 Å². The molecule has 0 saturated heterocycles. The van der Waals surface area contributed by atoms with Crippen LogP contribution in [0.2, 0.25) is 0 Å². The van der Waals surface area contributed by atoms with Crippen LogP contribution in [0.1, 0.15) is 158 Å². The molecule has 0 radical (unpaired) electrons. The monoisotopic (exact) mass is 1090 g/mol. The van der Waals surface area contributed by atoms with Crippen molar-refractivity contribution in [3.8, 4) is 73.2 Å². The lowest BCUT2D eigenvalue weighted by Crippen LogP contribution is -2.17. The van der Waals surface area contributed by atoms with Crippen molar-refractivity contribution in [3.63, 3.8) is 0 Å². The van der Waals surface area contributed by atoms with Crippen molar-refractivity contribution < 1.29 is 5.11 Å². The zero-order chi connectivity index (χ0) is 59.5. The summed E-state index contributed by atoms with van der Waals surface area (Å²) in [6, 6.07) is 62.8. The van der Waals surface area contributed by atoms with E-state index >= 15 is 0 Å². The lowest BCUT2D eigenvalue weighted by molar-refractivity contribution is 0.446. The van der Waals surface area contributed by atoms with Crippen LogP contribution in [0, 0.1) is 0 Å². The number of rotatable bonds is 7. The van der Waals surface area contributed by atoms with Gasteiger partial charge in [-0.25, -0.2) is 4.98 Å². The SMILES string of the molecule is CC(C)(C)c1cc(-c2cc(-c3cccc4c3c3ccccc3n4-c3cc(C(C)(C)C)cc(C(C)(C)C)c3)ccn2)cc(-c2cccc3c2nc(-c2cc(C(C)(C)C)cc(C(C)(C)C)c2O)n3-c2ccc(C(C)(C)C)cc2-c2ccccc2)c1. The number of aromatic nitrogens is 4. The molecule has 5 heteroatoms. The van der Waals surface area contributed by atoms with E-state index in [1.165, 1.54) is 49.7 Å². The Morgan fingerprint density at radius 1 is 0.361 bits per heavy atom. The molecule has 0 spiro atoms. The van der Waals surface area contributed by atoms with E-state index in [1.807, 2.05) is 6.20 Å². The van der Waals surface area contributed by atoms with Crippen LogP contribution in [-0.2, 0) is 32.5 Å². The summed E-state index contributed by atoms with van der Waals surface area (Å²) in [5, 5.41) is 15.2. The molecule has 5 nitrogen and oxygen atoms in total. The Morgan fingerprint density at radius 3 is 1.55 bits per heavy atom. The first-order valence-electron chi connectivity index (χ1n) is 29.8. The maximum atomic E-state index is 12.8. The van der Waals surface area contributed by atoms with Crippen LogP contribution in [0.4, 0.5) is 0 Å². The topological polar surface area (TPSA) is 55.9 Å². The van der Waals surface area contributed by atoms with Crippen LogP contribution in [0.3, 0.4) is 0 Å². The predicted octanol–water partition coefficient (Wildman–Crippen LogP) is 21.3. The Hall–Kier alpha value is -8.02. The fraction of sp³-hybridized carbons (Fsp3) is 0.308. The molecule has 83 heavy (non-hydrogen) atoms. The van der Waals surface area contributed by atoms with E-state index in [0.29, 0.717) is 11.4 Å². The van der Waals surface area contributed by atoms with Gasteiger partial charge in [0.15, 0.2) is 0 Å². The third kappa shape index (κ3) is 10.6. The molecule has 3 aromatic heterocycles. The van der Waals surface area contributed by atoms with Gasteiger partial charge in [-0.3, -0.25) is 9.55 Å². The van der Waals surface area contributed by atoms with Crippen LogP contribution in [0.25, 0.3) is 100 Å². The molecule has 1 N–H and O–H groups in total. The number of aromatic hydroxyl groups is 1. The standard InChI is InChI=1S/C78H84N4O/c1-73(2,3)52-34-35-66(61(45-52)48-26-20-19-21-27-48)82-68-33-25-30-59(70(68)80-72(82)62-46-56(77(13,14)15)47-63(71(62)83)78(16,17)18)50-38-51(40-53(39-50)74(4,5)6)64-41-49(36-37-79-64)58-29-24-32-67-69(58)60-28-22-23-31-65(60)81(67)57-43-54(75(7,8)9)42-55(44-57)76(10,11)12/h19-47,83H,1-18H3. The molecule has 422 valence electrons. The molecular weight excluding hydrogens is 1010 g/mol. The lowest BCUT2D eigenvalue weighted by Gasteiger charge is -2.28. The third-order valence-electron chi connectivity index (χ3n) is 17.0. The van der Waals surface area contributed by atoms with Crippen molar-refractivity contribution in [3.05, 3.63) is 209 Å². The number of imidazole rings is 1. The average Bonchev–Trinajstić information content (AvgIpc) is 1.91. The highest BCUT2D eigenvalue weighted by molar-refractivity contribution is 6.16. The van der Waals surface area contributed by atoms with Gasteiger partial charge in [-0.2, -0.15) is 0 Å². The molecule has 0 atom stereocenters. The van der Waals surface area contributed by atoms with E-state index in [-0.39, 0.29) is 38.2 Å². The molecule has 3 heterocycles. The number of phenolic OH excluding ortho intramolecular Hbond substituents is 1. The van der Waals surface area contributed by atoms with Crippen molar-refractivity contribution in [2.45, 2.75) is 157 Å². The van der Waals surface area contributed by atoms with Gasteiger partial charge in [-0.05, 0) is 155 Å². The Kier molecular flexibility index (Phi) is 13.8. The van der Waals surface area contributed by atoms with Crippen LogP contribution in [0.15, 0.2) is 176 Å². The molecular formula is C78H84N4O. The van der Waals surface area contributed by atoms with Crippen molar-refractivity contribution in [2.24, 2.45) is 0 Å². The number of fused-ring (bicyclic) bond motifs is 4. The molecule has 0 aliphatic heterocycles. The van der Waals surface area contributed by atoms with Crippen molar-refractivity contribution >= 4 is 32.8 Å². The van der Waals surface area contributed by atoms with Crippen LogP contribution in [0.5, 0.6) is 5.75 Å². The third-order valence-corrected chi connectivity index (χ3v) is 17.0. The number of benzene rings is 8. The van der Waals surface area contributed by atoms with Crippen LogP contribution >= 0.6 is 0 Å². The summed E-state index contributed by atoms with van der Waals surface area (Å²) in [5.41, 5.74) is 21.7. The zero-order valence-corrected chi connectivity index (χ0v) is 52.5. The second-order valence-corrected chi connectivity index (χ2v) is 29.5. The van der Waals surface area contributed by atoms with E-state index < -0.39 is 0 Å². The highest BCUT2D eigenvalue weighted by atomic mass is 16.3. The summed E-state index contributed by atoms with van der Waals surface area (Å²) < 4.78 is 4.78. The molecule has 8 aromatic carbocycles. The van der Waals surface area contributed by atoms with Gasteiger partial charge in [0, 0.05) is 44.9 Å². The summed E-state index contributed by atoms with van der Waals surface area (Å²) in [6.07, 6.45) is 1.97. The lowest BCUT2D eigenvalue weighted by atomic mass is 9.79. The Balaban J connectivity index is 1.14. The molecule has 11 rings (SSSR count). The Bertz CT molecular complexity index is 4280. The molecule has 11 aromatic rings. The van der Waals surface area contributed by atoms with Gasteiger partial charge in [0.1, 0.15) is 11.6 Å². The molecule has 0 unspecified atom stereocenters. The second kappa shape index (κ2) is 20.1. The fourth-order valence-electron chi connectivity index (χ4n) is 11.9. The van der Waals surface area contributed by atoms with E-state index in [0.717, 1.165) is 72.5 Å². The van der Waals surface area contributed by atoms with Crippen molar-refractivity contribution in [1.82, 2.24) is 19.1 Å². The smallest absolute Gasteiger partial charge is 0.149 e. The number of para-hydroxylation sites is 2. The fourth-order valence-corrected chi connectivity index (χ4v) is 11.9. The largest absolute Gasteiger partial charge is 0.507 e. The second-order valence-electron chi connectivity index (χ2n) is 29.5. The first kappa shape index (κ1) is 56.8. The first-order valence-corrected chi connectivity index (χ1v) is 29.8. The minimum absolute atomic E-state index is 0.0286. The van der Waals surface area contributed by atoms with Crippen molar-refractivity contribution in [1.29, 1.82) is 0 Å². The van der Waals surface area contributed by atoms with Gasteiger partial charge >= 0.3 is 0 Å². The number of nitrogens with zero attached hydrogens (tertiary/aromatic N) is 4. The average molecular weight is 1090 g/mol. The number of hydrogen-bond acceptors (Lipinski definition) is 3. The van der Waals surface area contributed by atoms with Crippen LogP contribution in [-0.4, -0.2) is 24.2 Å². The molecule has 0 aliphatic carbocycles. The van der Waals surface area contributed by atoms with E-state index in [1.54, 1.807) is 0 Å². The summed E-state index contributed by atoms with van der Waals surface area (Å²) in [7, 11) is 0. The van der Waals surface area contributed by atoms with Gasteiger partial charge in [0.2, 0.25) is 0 Å². The Labute approximate surface area is 494 Å². The van der Waals surface area contributed by atoms with Gasteiger partial charge in [-0.15, -0.1) is 0 Å². The normalized spacial score (nSPS) is 13.0. The molecule has 0 aliphatic rings. The minimum Gasteiger partial charge on any atom is -0.507 e. The molecule has 0 saturated carbocycles. The summed E-state index contributed by atoms with van der Waals surface area (Å²) in [4.78, 5) is 11.0. The quantitative estimate of drug-likeness (QED) is 0.173. The summed E-state index contributed by atoms with van der Waals surface area (Å²) >= 11 is 0. The number of hydrogen-bond donors (Lipinski definition) is 1. The molecule has 0 bridgehead atoms. The first-order chi connectivity index (χ1) is 38.9. The van der Waals surface area contributed by atoms with Gasteiger partial charge in [-0.1, -0.05) is 222 Å².